The topological polar surface area (TPSA) is 9.23 Å². The van der Waals surface area contributed by atoms with Crippen molar-refractivity contribution in [3.63, 3.8) is 0 Å². The zero-order valence-corrected chi connectivity index (χ0v) is 10.9. The van der Waals surface area contributed by atoms with E-state index in [4.69, 9.17) is 27.9 Å². The third-order valence-electron chi connectivity index (χ3n) is 3.08. The smallest absolute Gasteiger partial charge is 0.123 e. The molecule has 0 radical (unpaired) electrons. The van der Waals surface area contributed by atoms with Gasteiger partial charge < -0.3 is 4.74 Å². The van der Waals surface area contributed by atoms with Gasteiger partial charge in [-0.1, -0.05) is 25.1 Å². The van der Waals surface area contributed by atoms with Crippen LogP contribution in [0.4, 0.5) is 0 Å². The number of hydrogen-bond acceptors (Lipinski definition) is 1. The van der Waals surface area contributed by atoms with Crippen LogP contribution in [0, 0.1) is 5.41 Å². The van der Waals surface area contributed by atoms with Crippen molar-refractivity contribution in [3.05, 3.63) is 29.8 Å². The number of para-hydroxylation sites is 1. The third-order valence-corrected chi connectivity index (χ3v) is 4.37. The lowest BCUT2D eigenvalue weighted by atomic mass is 9.87. The summed E-state index contributed by atoms with van der Waals surface area (Å²) in [7, 11) is 0. The SMILES string of the molecule is CC(CCl)(CCl)CC1Cc2ccccc2O1. The van der Waals surface area contributed by atoms with Crippen LogP contribution >= 0.6 is 23.2 Å². The van der Waals surface area contributed by atoms with Gasteiger partial charge in [0.05, 0.1) is 0 Å². The van der Waals surface area contributed by atoms with Crippen molar-refractivity contribution in [2.75, 3.05) is 11.8 Å². The van der Waals surface area contributed by atoms with E-state index in [-0.39, 0.29) is 11.5 Å². The molecule has 1 nitrogen and oxygen atoms in total. The molecule has 0 saturated heterocycles. The minimum absolute atomic E-state index is 0.0319. The summed E-state index contributed by atoms with van der Waals surface area (Å²) >= 11 is 11.9. The molecular weight excluding hydrogens is 243 g/mol. The summed E-state index contributed by atoms with van der Waals surface area (Å²) < 4.78 is 5.89. The van der Waals surface area contributed by atoms with Crippen LogP contribution in [0.15, 0.2) is 24.3 Å². The van der Waals surface area contributed by atoms with E-state index in [0.717, 1.165) is 18.6 Å². The fraction of sp³-hybridized carbons (Fsp3) is 0.538. The predicted molar refractivity (Wildman–Crippen MR) is 68.7 cm³/mol. The highest BCUT2D eigenvalue weighted by Gasteiger charge is 2.31. The van der Waals surface area contributed by atoms with Gasteiger partial charge >= 0.3 is 0 Å². The number of rotatable bonds is 4. The number of halogens is 2. The van der Waals surface area contributed by atoms with E-state index in [1.54, 1.807) is 0 Å². The molecule has 16 heavy (non-hydrogen) atoms. The lowest BCUT2D eigenvalue weighted by molar-refractivity contribution is 0.170. The minimum atomic E-state index is -0.0319. The lowest BCUT2D eigenvalue weighted by Crippen LogP contribution is -2.29. The van der Waals surface area contributed by atoms with Gasteiger partial charge in [-0.05, 0) is 23.5 Å². The zero-order valence-electron chi connectivity index (χ0n) is 9.38. The van der Waals surface area contributed by atoms with E-state index in [9.17, 15) is 0 Å². The summed E-state index contributed by atoms with van der Waals surface area (Å²) in [4.78, 5) is 0. The number of benzene rings is 1. The maximum Gasteiger partial charge on any atom is 0.123 e. The highest BCUT2D eigenvalue weighted by Crippen LogP contribution is 2.35. The van der Waals surface area contributed by atoms with Gasteiger partial charge in [-0.2, -0.15) is 0 Å². The van der Waals surface area contributed by atoms with Crippen LogP contribution in [0.1, 0.15) is 18.9 Å². The first-order valence-corrected chi connectivity index (χ1v) is 6.60. The van der Waals surface area contributed by atoms with Gasteiger partial charge in [0.2, 0.25) is 0 Å². The fourth-order valence-electron chi connectivity index (χ4n) is 2.06. The first-order valence-electron chi connectivity index (χ1n) is 5.53. The van der Waals surface area contributed by atoms with Gasteiger partial charge in [-0.25, -0.2) is 0 Å². The summed E-state index contributed by atoms with van der Waals surface area (Å²) in [5.41, 5.74) is 1.26. The summed E-state index contributed by atoms with van der Waals surface area (Å²) in [5.74, 6) is 2.17. The van der Waals surface area contributed by atoms with Gasteiger partial charge in [0.15, 0.2) is 0 Å². The first-order chi connectivity index (χ1) is 7.67. The van der Waals surface area contributed by atoms with Crippen LogP contribution < -0.4 is 4.74 Å². The summed E-state index contributed by atoms with van der Waals surface area (Å²) in [5, 5.41) is 0. The Morgan fingerprint density at radius 3 is 2.62 bits per heavy atom. The Labute approximate surface area is 107 Å². The molecule has 88 valence electrons. The summed E-state index contributed by atoms with van der Waals surface area (Å²) in [6.07, 6.45) is 2.11. The Morgan fingerprint density at radius 1 is 1.31 bits per heavy atom. The van der Waals surface area contributed by atoms with Crippen molar-refractivity contribution in [2.45, 2.75) is 25.9 Å². The molecule has 1 aliphatic rings. The molecule has 2 rings (SSSR count). The average molecular weight is 259 g/mol. The standard InChI is InChI=1S/C13H16Cl2O/c1-13(8-14,9-15)7-11-6-10-4-2-3-5-12(10)16-11/h2-5,11H,6-9H2,1H3. The second-order valence-electron chi connectivity index (χ2n) is 4.83. The molecule has 0 spiro atoms. The number of fused-ring (bicyclic) bond motifs is 1. The molecule has 3 heteroatoms. The van der Waals surface area contributed by atoms with E-state index in [1.165, 1.54) is 5.56 Å². The molecule has 1 unspecified atom stereocenters. The monoisotopic (exact) mass is 258 g/mol. The van der Waals surface area contributed by atoms with Crippen molar-refractivity contribution < 1.29 is 4.74 Å². The highest BCUT2D eigenvalue weighted by molar-refractivity contribution is 6.21. The van der Waals surface area contributed by atoms with Crippen LogP contribution in [0.3, 0.4) is 0 Å². The van der Waals surface area contributed by atoms with Gasteiger partial charge in [0.25, 0.3) is 0 Å². The van der Waals surface area contributed by atoms with E-state index in [0.29, 0.717) is 11.8 Å². The summed E-state index contributed by atoms with van der Waals surface area (Å²) in [6.45, 7) is 2.11. The van der Waals surface area contributed by atoms with E-state index >= 15 is 0 Å². The molecule has 0 amide bonds. The molecule has 1 aromatic carbocycles. The molecule has 0 aliphatic carbocycles. The van der Waals surface area contributed by atoms with Crippen LogP contribution in [-0.2, 0) is 6.42 Å². The molecule has 0 aromatic heterocycles. The quantitative estimate of drug-likeness (QED) is 0.746. The molecule has 1 aliphatic heterocycles. The molecular formula is C13H16Cl2O. The molecule has 1 atom stereocenters. The maximum atomic E-state index is 5.96. The maximum absolute atomic E-state index is 5.96. The lowest BCUT2D eigenvalue weighted by Gasteiger charge is -2.27. The highest BCUT2D eigenvalue weighted by atomic mass is 35.5. The van der Waals surface area contributed by atoms with Gasteiger partial charge in [0.1, 0.15) is 11.9 Å². The Hall–Kier alpha value is -0.400. The predicted octanol–water partition coefficient (Wildman–Crippen LogP) is 3.86. The molecule has 1 heterocycles. The van der Waals surface area contributed by atoms with Crippen molar-refractivity contribution >= 4 is 23.2 Å². The largest absolute Gasteiger partial charge is 0.490 e. The van der Waals surface area contributed by atoms with Crippen LogP contribution in [0.25, 0.3) is 0 Å². The van der Waals surface area contributed by atoms with Crippen molar-refractivity contribution in [1.82, 2.24) is 0 Å². The Kier molecular flexibility index (Phi) is 3.66. The van der Waals surface area contributed by atoms with Gasteiger partial charge in [-0.3, -0.25) is 0 Å². The zero-order chi connectivity index (χ0) is 11.6. The van der Waals surface area contributed by atoms with E-state index < -0.39 is 0 Å². The second kappa shape index (κ2) is 4.85. The Balaban J connectivity index is 2.02. The normalized spacial score (nSPS) is 19.3. The molecule has 0 saturated carbocycles. The Bertz CT molecular complexity index is 336. The van der Waals surface area contributed by atoms with Gasteiger partial charge in [-0.15, -0.1) is 23.2 Å². The second-order valence-corrected chi connectivity index (χ2v) is 5.37. The van der Waals surface area contributed by atoms with Crippen molar-refractivity contribution in [1.29, 1.82) is 0 Å². The number of ether oxygens (including phenoxy) is 1. The molecule has 0 bridgehead atoms. The third kappa shape index (κ3) is 2.46. The Morgan fingerprint density at radius 2 is 2.00 bits per heavy atom. The van der Waals surface area contributed by atoms with E-state index in [2.05, 4.69) is 13.0 Å². The number of hydrogen-bond donors (Lipinski definition) is 0. The molecule has 1 aromatic rings. The minimum Gasteiger partial charge on any atom is -0.490 e. The number of alkyl halides is 2. The molecule has 0 fully saturated rings. The van der Waals surface area contributed by atoms with Crippen LogP contribution in [0.2, 0.25) is 0 Å². The van der Waals surface area contributed by atoms with Gasteiger partial charge in [0, 0.05) is 18.2 Å². The van der Waals surface area contributed by atoms with E-state index in [1.807, 2.05) is 18.2 Å². The van der Waals surface area contributed by atoms with Crippen molar-refractivity contribution in [3.8, 4) is 5.75 Å². The van der Waals surface area contributed by atoms with Crippen molar-refractivity contribution in [2.24, 2.45) is 5.41 Å². The average Bonchev–Trinajstić information content (AvgIpc) is 2.70. The van der Waals surface area contributed by atoms with Crippen LogP contribution in [-0.4, -0.2) is 17.9 Å². The van der Waals surface area contributed by atoms with Crippen LogP contribution in [0.5, 0.6) is 5.75 Å². The molecule has 0 N–H and O–H groups in total. The summed E-state index contributed by atoms with van der Waals surface area (Å²) in [6, 6.07) is 8.19. The first kappa shape index (κ1) is 12.1. The fourth-order valence-corrected chi connectivity index (χ4v) is 2.57.